The number of ether oxygens (including phenoxy) is 1. The molecule has 0 saturated carbocycles. The number of aromatic hydroxyl groups is 1. The number of aryl methyl sites for hydroxylation is 1. The van der Waals surface area contributed by atoms with E-state index < -0.39 is 17.7 Å². The highest BCUT2D eigenvalue weighted by molar-refractivity contribution is 5.90. The second-order valence-corrected chi connectivity index (χ2v) is 10.3. The first-order chi connectivity index (χ1) is 16.4. The summed E-state index contributed by atoms with van der Waals surface area (Å²) in [5.41, 5.74) is 0.535. The lowest BCUT2D eigenvalue weighted by molar-refractivity contribution is -0.140. The Bertz CT molecular complexity index is 833. The number of carbonyl (C=O) groups is 3. The summed E-state index contributed by atoms with van der Waals surface area (Å²) in [6.45, 7) is 13.0. The lowest BCUT2D eigenvalue weighted by Gasteiger charge is -2.32. The van der Waals surface area contributed by atoms with Crippen LogP contribution in [0, 0.1) is 6.92 Å². The van der Waals surface area contributed by atoms with E-state index in [9.17, 15) is 19.5 Å². The van der Waals surface area contributed by atoms with E-state index in [0.717, 1.165) is 32.1 Å². The Morgan fingerprint density at radius 3 is 2.26 bits per heavy atom. The van der Waals surface area contributed by atoms with Gasteiger partial charge in [-0.2, -0.15) is 0 Å². The van der Waals surface area contributed by atoms with E-state index in [-0.39, 0.29) is 30.2 Å². The largest absolute Gasteiger partial charge is 0.508 e. The van der Waals surface area contributed by atoms with Gasteiger partial charge in [0.1, 0.15) is 23.9 Å². The van der Waals surface area contributed by atoms with Gasteiger partial charge in [0.2, 0.25) is 11.8 Å². The van der Waals surface area contributed by atoms with Gasteiger partial charge < -0.3 is 25.4 Å². The van der Waals surface area contributed by atoms with Crippen LogP contribution in [0.15, 0.2) is 18.2 Å². The van der Waals surface area contributed by atoms with E-state index in [1.165, 1.54) is 17.4 Å². The number of benzene rings is 1. The molecular formula is C27H45N3O5. The zero-order chi connectivity index (χ0) is 26.6. The lowest BCUT2D eigenvalue weighted by atomic mass is 10.00. The van der Waals surface area contributed by atoms with Crippen molar-refractivity contribution in [2.75, 3.05) is 13.1 Å². The van der Waals surface area contributed by atoms with Gasteiger partial charge in [0.05, 0.1) is 0 Å². The lowest BCUT2D eigenvalue weighted by Crippen LogP contribution is -2.49. The van der Waals surface area contributed by atoms with Crippen LogP contribution in [-0.2, 0) is 14.3 Å². The maximum absolute atomic E-state index is 13.4. The summed E-state index contributed by atoms with van der Waals surface area (Å²) in [6, 6.07) is 3.92. The predicted octanol–water partition coefficient (Wildman–Crippen LogP) is 4.98. The van der Waals surface area contributed by atoms with Crippen LogP contribution >= 0.6 is 0 Å². The van der Waals surface area contributed by atoms with E-state index in [1.807, 2.05) is 13.8 Å². The van der Waals surface area contributed by atoms with E-state index >= 15 is 0 Å². The fourth-order valence-electron chi connectivity index (χ4n) is 3.71. The molecular weight excluding hydrogens is 446 g/mol. The van der Waals surface area contributed by atoms with Crippen molar-refractivity contribution >= 4 is 17.9 Å². The number of hydrogen-bond donors (Lipinski definition) is 3. The minimum absolute atomic E-state index is 0.117. The first-order valence-electron chi connectivity index (χ1n) is 12.7. The summed E-state index contributed by atoms with van der Waals surface area (Å²) in [5.74, 6) is -0.557. The highest BCUT2D eigenvalue weighted by Crippen LogP contribution is 2.27. The summed E-state index contributed by atoms with van der Waals surface area (Å²) in [6.07, 6.45) is 5.52. The summed E-state index contributed by atoms with van der Waals surface area (Å²) in [7, 11) is 0. The van der Waals surface area contributed by atoms with Crippen LogP contribution in [0.1, 0.15) is 97.2 Å². The Balaban J connectivity index is 3.18. The van der Waals surface area contributed by atoms with Crippen molar-refractivity contribution in [3.63, 3.8) is 0 Å². The van der Waals surface area contributed by atoms with Gasteiger partial charge in [-0.25, -0.2) is 4.79 Å². The van der Waals surface area contributed by atoms with Gasteiger partial charge in [0.25, 0.3) is 0 Å². The molecule has 3 N–H and O–H groups in total. The average molecular weight is 492 g/mol. The zero-order valence-electron chi connectivity index (χ0n) is 22.6. The highest BCUT2D eigenvalue weighted by Gasteiger charge is 2.32. The van der Waals surface area contributed by atoms with Gasteiger partial charge in [0.15, 0.2) is 0 Å². The summed E-state index contributed by atoms with van der Waals surface area (Å²) in [5, 5.41) is 15.4. The topological polar surface area (TPSA) is 108 Å². The normalized spacial score (nSPS) is 12.2. The Hall–Kier alpha value is -2.77. The molecule has 0 saturated heterocycles. The second kappa shape index (κ2) is 14.6. The molecule has 0 aliphatic rings. The van der Waals surface area contributed by atoms with Crippen LogP contribution in [0.4, 0.5) is 4.79 Å². The van der Waals surface area contributed by atoms with E-state index in [4.69, 9.17) is 4.74 Å². The van der Waals surface area contributed by atoms with E-state index in [2.05, 4.69) is 17.6 Å². The third-order valence-corrected chi connectivity index (χ3v) is 5.38. The van der Waals surface area contributed by atoms with Crippen molar-refractivity contribution in [1.29, 1.82) is 0 Å². The van der Waals surface area contributed by atoms with Crippen molar-refractivity contribution in [2.24, 2.45) is 0 Å². The molecule has 0 heterocycles. The average Bonchev–Trinajstić information content (AvgIpc) is 2.74. The number of rotatable bonds is 13. The molecule has 198 valence electrons. The minimum Gasteiger partial charge on any atom is -0.508 e. The molecule has 3 amide bonds. The van der Waals surface area contributed by atoms with Crippen molar-refractivity contribution in [3.05, 3.63) is 29.3 Å². The maximum Gasteiger partial charge on any atom is 0.408 e. The SMILES string of the molecule is CCCCCCCCN(C(=O)CNC(=O)OC(C)(C)C)C(C(=O)NC(C)C)c1ccc(O)c(C)c1. The molecule has 8 nitrogen and oxygen atoms in total. The molecule has 1 aromatic rings. The first kappa shape index (κ1) is 30.3. The summed E-state index contributed by atoms with van der Waals surface area (Å²) < 4.78 is 5.25. The van der Waals surface area contributed by atoms with Gasteiger partial charge >= 0.3 is 6.09 Å². The van der Waals surface area contributed by atoms with Gasteiger partial charge in [-0.3, -0.25) is 9.59 Å². The smallest absolute Gasteiger partial charge is 0.408 e. The fourth-order valence-corrected chi connectivity index (χ4v) is 3.71. The second-order valence-electron chi connectivity index (χ2n) is 10.3. The van der Waals surface area contributed by atoms with E-state index in [0.29, 0.717) is 17.7 Å². The quantitative estimate of drug-likeness (QED) is 0.337. The van der Waals surface area contributed by atoms with Crippen LogP contribution in [0.25, 0.3) is 0 Å². The molecule has 1 atom stereocenters. The zero-order valence-corrected chi connectivity index (χ0v) is 22.6. The summed E-state index contributed by atoms with van der Waals surface area (Å²) in [4.78, 5) is 40.3. The number of amides is 3. The molecule has 0 fully saturated rings. The molecule has 0 spiro atoms. The van der Waals surface area contributed by atoms with Gasteiger partial charge in [0, 0.05) is 12.6 Å². The van der Waals surface area contributed by atoms with Gasteiger partial charge in [-0.15, -0.1) is 0 Å². The van der Waals surface area contributed by atoms with Crippen LogP contribution in [-0.4, -0.2) is 52.6 Å². The maximum atomic E-state index is 13.4. The minimum atomic E-state index is -0.889. The van der Waals surface area contributed by atoms with E-state index in [1.54, 1.807) is 39.8 Å². The Morgan fingerprint density at radius 2 is 1.69 bits per heavy atom. The molecule has 0 bridgehead atoms. The Kier molecular flexibility index (Phi) is 12.6. The number of hydrogen-bond acceptors (Lipinski definition) is 5. The molecule has 1 rings (SSSR count). The highest BCUT2D eigenvalue weighted by atomic mass is 16.6. The number of unbranched alkanes of at least 4 members (excludes halogenated alkanes) is 5. The monoisotopic (exact) mass is 491 g/mol. The molecule has 8 heteroatoms. The fraction of sp³-hybridized carbons (Fsp3) is 0.667. The van der Waals surface area contributed by atoms with Crippen molar-refractivity contribution in [3.8, 4) is 5.75 Å². The number of phenolic OH excluding ortho intramolecular Hbond substituents is 1. The van der Waals surface area contributed by atoms with Crippen LogP contribution in [0.2, 0.25) is 0 Å². The van der Waals surface area contributed by atoms with Crippen LogP contribution in [0.3, 0.4) is 0 Å². The van der Waals surface area contributed by atoms with Crippen molar-refractivity contribution in [1.82, 2.24) is 15.5 Å². The molecule has 35 heavy (non-hydrogen) atoms. The summed E-state index contributed by atoms with van der Waals surface area (Å²) >= 11 is 0. The van der Waals surface area contributed by atoms with Crippen LogP contribution in [0.5, 0.6) is 5.75 Å². The molecule has 1 aromatic carbocycles. The third kappa shape index (κ3) is 11.5. The number of carbonyl (C=O) groups excluding carboxylic acids is 3. The predicted molar refractivity (Wildman–Crippen MR) is 138 cm³/mol. The molecule has 0 aliphatic carbocycles. The molecule has 0 radical (unpaired) electrons. The van der Waals surface area contributed by atoms with Crippen LogP contribution < -0.4 is 10.6 Å². The number of nitrogens with zero attached hydrogens (tertiary/aromatic N) is 1. The van der Waals surface area contributed by atoms with Crippen molar-refractivity contribution < 1.29 is 24.2 Å². The molecule has 0 aromatic heterocycles. The first-order valence-corrected chi connectivity index (χ1v) is 12.7. The standard InChI is InChI=1S/C27H45N3O5/c1-8-9-10-11-12-13-16-30(23(32)18-28-26(34)35-27(5,6)7)24(25(33)29-19(2)3)21-14-15-22(31)20(4)17-21/h14-15,17,19,24,31H,8-13,16,18H2,1-7H3,(H,28,34)(H,29,33). The number of phenols is 1. The molecule has 0 aliphatic heterocycles. The molecule has 1 unspecified atom stereocenters. The number of alkyl carbamates (subject to hydrolysis) is 1. The third-order valence-electron chi connectivity index (χ3n) is 5.38. The Morgan fingerprint density at radius 1 is 1.06 bits per heavy atom. The van der Waals surface area contributed by atoms with Gasteiger partial charge in [-0.1, -0.05) is 45.1 Å². The number of nitrogens with one attached hydrogen (secondary N) is 2. The Labute approximate surface area is 210 Å². The van der Waals surface area contributed by atoms with Crippen molar-refractivity contribution in [2.45, 2.75) is 105 Å². The van der Waals surface area contributed by atoms with Gasteiger partial charge in [-0.05, 0) is 71.2 Å².